The van der Waals surface area contributed by atoms with E-state index in [1.807, 2.05) is 0 Å². The molecule has 0 saturated heterocycles. The SMILES string of the molecule is N#C/C(=C\c1ccco1)c1ccc(F)cc1. The van der Waals surface area contributed by atoms with Crippen LogP contribution in [-0.2, 0) is 0 Å². The van der Waals surface area contributed by atoms with E-state index in [1.165, 1.54) is 18.4 Å². The molecule has 0 aliphatic carbocycles. The molecule has 1 aromatic heterocycles. The normalized spacial score (nSPS) is 11.1. The summed E-state index contributed by atoms with van der Waals surface area (Å²) >= 11 is 0. The maximum Gasteiger partial charge on any atom is 0.127 e. The molecule has 0 saturated carbocycles. The maximum atomic E-state index is 12.7. The number of halogens is 1. The number of allylic oxidation sites excluding steroid dienone is 1. The van der Waals surface area contributed by atoms with Gasteiger partial charge in [-0.25, -0.2) is 4.39 Å². The number of nitrogens with zero attached hydrogens (tertiary/aromatic N) is 1. The van der Waals surface area contributed by atoms with Gasteiger partial charge in [0.25, 0.3) is 0 Å². The lowest BCUT2D eigenvalue weighted by molar-refractivity contribution is 0.557. The second kappa shape index (κ2) is 4.45. The van der Waals surface area contributed by atoms with Gasteiger partial charge in [0.15, 0.2) is 0 Å². The van der Waals surface area contributed by atoms with Gasteiger partial charge in [-0.3, -0.25) is 0 Å². The largest absolute Gasteiger partial charge is 0.465 e. The van der Waals surface area contributed by atoms with Crippen LogP contribution in [0, 0.1) is 17.1 Å². The second-order valence-electron chi connectivity index (χ2n) is 3.19. The lowest BCUT2D eigenvalue weighted by atomic mass is 10.1. The van der Waals surface area contributed by atoms with E-state index in [1.54, 1.807) is 30.3 Å². The average molecular weight is 213 g/mol. The van der Waals surface area contributed by atoms with Crippen LogP contribution in [-0.4, -0.2) is 0 Å². The van der Waals surface area contributed by atoms with Gasteiger partial charge in [-0.05, 0) is 35.9 Å². The quantitative estimate of drug-likeness (QED) is 0.716. The highest BCUT2D eigenvalue weighted by molar-refractivity contribution is 5.88. The molecule has 3 heteroatoms. The molecule has 1 heterocycles. The predicted octanol–water partition coefficient (Wildman–Crippen LogP) is 3.48. The molecule has 2 nitrogen and oxygen atoms in total. The van der Waals surface area contributed by atoms with Crippen molar-refractivity contribution in [2.75, 3.05) is 0 Å². The standard InChI is InChI=1S/C13H8FNO/c14-12-5-3-10(4-6-12)11(9-15)8-13-2-1-7-16-13/h1-8H/b11-8+. The summed E-state index contributed by atoms with van der Waals surface area (Å²) in [6.07, 6.45) is 3.15. The molecule has 0 atom stereocenters. The first kappa shape index (κ1) is 10.2. The average Bonchev–Trinajstić information content (AvgIpc) is 2.80. The molecule has 0 N–H and O–H groups in total. The van der Waals surface area contributed by atoms with E-state index in [-0.39, 0.29) is 5.82 Å². The number of rotatable bonds is 2. The minimum absolute atomic E-state index is 0.320. The van der Waals surface area contributed by atoms with Crippen LogP contribution in [0.3, 0.4) is 0 Å². The summed E-state index contributed by atoms with van der Waals surface area (Å²) in [7, 11) is 0. The van der Waals surface area contributed by atoms with Gasteiger partial charge in [-0.2, -0.15) is 5.26 Å². The van der Waals surface area contributed by atoms with Gasteiger partial charge < -0.3 is 4.42 Å². The summed E-state index contributed by atoms with van der Waals surface area (Å²) in [5.41, 5.74) is 1.11. The number of hydrogen-bond donors (Lipinski definition) is 0. The van der Waals surface area contributed by atoms with E-state index >= 15 is 0 Å². The van der Waals surface area contributed by atoms with Crippen molar-refractivity contribution < 1.29 is 8.81 Å². The smallest absolute Gasteiger partial charge is 0.127 e. The highest BCUT2D eigenvalue weighted by Gasteiger charge is 2.02. The van der Waals surface area contributed by atoms with Crippen LogP contribution < -0.4 is 0 Å². The maximum absolute atomic E-state index is 12.7. The summed E-state index contributed by atoms with van der Waals surface area (Å²) in [6.45, 7) is 0. The molecule has 0 unspecified atom stereocenters. The Morgan fingerprint density at radius 2 is 2.00 bits per heavy atom. The van der Waals surface area contributed by atoms with E-state index in [0.717, 1.165) is 0 Å². The summed E-state index contributed by atoms with van der Waals surface area (Å²) in [4.78, 5) is 0. The van der Waals surface area contributed by atoms with Crippen LogP contribution >= 0.6 is 0 Å². The number of nitriles is 1. The highest BCUT2D eigenvalue weighted by atomic mass is 19.1. The molecular weight excluding hydrogens is 205 g/mol. The summed E-state index contributed by atoms with van der Waals surface area (Å²) in [5.74, 6) is 0.278. The van der Waals surface area contributed by atoms with Gasteiger partial charge in [0, 0.05) is 0 Å². The molecule has 0 aliphatic heterocycles. The number of furan rings is 1. The van der Waals surface area contributed by atoms with Gasteiger partial charge >= 0.3 is 0 Å². The van der Waals surface area contributed by atoms with Crippen molar-refractivity contribution in [3.8, 4) is 6.07 Å². The first-order valence-corrected chi connectivity index (χ1v) is 4.71. The van der Waals surface area contributed by atoms with Gasteiger partial charge in [0.05, 0.1) is 17.9 Å². The highest BCUT2D eigenvalue weighted by Crippen LogP contribution is 2.18. The zero-order valence-corrected chi connectivity index (χ0v) is 8.35. The van der Waals surface area contributed by atoms with Gasteiger partial charge in [-0.15, -0.1) is 0 Å². The Balaban J connectivity index is 2.37. The van der Waals surface area contributed by atoms with E-state index in [0.29, 0.717) is 16.9 Å². The first-order valence-electron chi connectivity index (χ1n) is 4.71. The topological polar surface area (TPSA) is 36.9 Å². The molecule has 0 amide bonds. The fourth-order valence-corrected chi connectivity index (χ4v) is 1.33. The molecule has 0 bridgehead atoms. The summed E-state index contributed by atoms with van der Waals surface area (Å²) < 4.78 is 17.8. The molecule has 78 valence electrons. The Morgan fingerprint density at radius 1 is 1.25 bits per heavy atom. The minimum atomic E-state index is -0.320. The van der Waals surface area contributed by atoms with Crippen molar-refractivity contribution >= 4 is 11.6 Å². The van der Waals surface area contributed by atoms with E-state index < -0.39 is 0 Å². The van der Waals surface area contributed by atoms with Crippen molar-refractivity contribution in [3.05, 3.63) is 59.8 Å². The Labute approximate surface area is 92.2 Å². The summed E-state index contributed by atoms with van der Waals surface area (Å²) in [6, 6.07) is 11.3. The molecule has 0 fully saturated rings. The van der Waals surface area contributed by atoms with Crippen molar-refractivity contribution in [1.82, 2.24) is 0 Å². The number of hydrogen-bond acceptors (Lipinski definition) is 2. The fraction of sp³-hybridized carbons (Fsp3) is 0. The van der Waals surface area contributed by atoms with Crippen LogP contribution in [0.25, 0.3) is 11.6 Å². The van der Waals surface area contributed by atoms with Crippen molar-refractivity contribution in [1.29, 1.82) is 5.26 Å². The molecule has 0 spiro atoms. The first-order chi connectivity index (χ1) is 7.79. The van der Waals surface area contributed by atoms with Crippen LogP contribution in [0.15, 0.2) is 47.1 Å². The van der Waals surface area contributed by atoms with Crippen LogP contribution in [0.5, 0.6) is 0 Å². The second-order valence-corrected chi connectivity index (χ2v) is 3.19. The molecule has 2 rings (SSSR count). The van der Waals surface area contributed by atoms with E-state index in [9.17, 15) is 4.39 Å². The van der Waals surface area contributed by atoms with Crippen LogP contribution in [0.2, 0.25) is 0 Å². The monoisotopic (exact) mass is 213 g/mol. The third-order valence-corrected chi connectivity index (χ3v) is 2.11. The molecule has 0 radical (unpaired) electrons. The Bertz CT molecular complexity index is 532. The Morgan fingerprint density at radius 3 is 2.56 bits per heavy atom. The zero-order valence-electron chi connectivity index (χ0n) is 8.35. The third-order valence-electron chi connectivity index (χ3n) is 2.11. The lowest BCUT2D eigenvalue weighted by Gasteiger charge is -1.97. The fourth-order valence-electron chi connectivity index (χ4n) is 1.33. The lowest BCUT2D eigenvalue weighted by Crippen LogP contribution is -1.82. The van der Waals surface area contributed by atoms with E-state index in [4.69, 9.17) is 9.68 Å². The summed E-state index contributed by atoms with van der Waals surface area (Å²) in [5, 5.41) is 8.99. The van der Waals surface area contributed by atoms with Crippen LogP contribution in [0.4, 0.5) is 4.39 Å². The van der Waals surface area contributed by atoms with Gasteiger partial charge in [0.1, 0.15) is 11.6 Å². The zero-order chi connectivity index (χ0) is 11.4. The predicted molar refractivity (Wildman–Crippen MR) is 58.6 cm³/mol. The van der Waals surface area contributed by atoms with Gasteiger partial charge in [0.2, 0.25) is 0 Å². The minimum Gasteiger partial charge on any atom is -0.465 e. The molecular formula is C13H8FNO. The van der Waals surface area contributed by atoms with Crippen molar-refractivity contribution in [2.24, 2.45) is 0 Å². The number of benzene rings is 1. The molecule has 2 aromatic rings. The van der Waals surface area contributed by atoms with E-state index in [2.05, 4.69) is 6.07 Å². The molecule has 16 heavy (non-hydrogen) atoms. The van der Waals surface area contributed by atoms with Crippen molar-refractivity contribution in [3.63, 3.8) is 0 Å². The van der Waals surface area contributed by atoms with Crippen LogP contribution in [0.1, 0.15) is 11.3 Å². The Kier molecular flexibility index (Phi) is 2.84. The third kappa shape index (κ3) is 2.18. The molecule has 0 aliphatic rings. The Hall–Kier alpha value is -2.34. The van der Waals surface area contributed by atoms with Crippen molar-refractivity contribution in [2.45, 2.75) is 0 Å². The molecule has 1 aromatic carbocycles. The van der Waals surface area contributed by atoms with Gasteiger partial charge in [-0.1, -0.05) is 12.1 Å².